The number of nitrogens with zero attached hydrogens (tertiary/aromatic N) is 3. The minimum Gasteiger partial charge on any atom is -0.465 e. The second-order valence-electron chi connectivity index (χ2n) is 8.00. The summed E-state index contributed by atoms with van der Waals surface area (Å²) in [5.74, 6) is -0.393. The third-order valence-corrected chi connectivity index (χ3v) is 5.92. The van der Waals surface area contributed by atoms with E-state index in [4.69, 9.17) is 27.9 Å². The Morgan fingerprint density at radius 2 is 1.41 bits per heavy atom. The number of ether oxygens (including phenoxy) is 1. The molecule has 0 aliphatic rings. The summed E-state index contributed by atoms with van der Waals surface area (Å²) in [6.45, 7) is 2.43. The number of methoxy groups -OCH3 is 1. The first-order chi connectivity index (χ1) is 16.3. The second kappa shape index (κ2) is 12.2. The van der Waals surface area contributed by atoms with Crippen LogP contribution in [0.25, 0.3) is 0 Å². The monoisotopic (exact) mass is 503 g/mol. The molecule has 34 heavy (non-hydrogen) atoms. The molecule has 2 aromatic heterocycles. The number of hydrogen-bond acceptors (Lipinski definition) is 7. The summed E-state index contributed by atoms with van der Waals surface area (Å²) in [5, 5.41) is 22.3. The van der Waals surface area contributed by atoms with E-state index in [1.54, 1.807) is 48.5 Å². The topological polar surface area (TPSA) is 95.8 Å². The van der Waals surface area contributed by atoms with E-state index < -0.39 is 18.2 Å². The molecule has 3 aromatic rings. The number of aliphatic hydroxyl groups excluding tert-OH is 2. The van der Waals surface area contributed by atoms with Crippen LogP contribution in [0.4, 0.5) is 0 Å². The molecular formula is C25H27Cl2N3O4. The molecule has 0 bridgehead atoms. The zero-order valence-corrected chi connectivity index (χ0v) is 20.4. The highest BCUT2D eigenvalue weighted by atomic mass is 35.5. The Balaban J connectivity index is 1.78. The SMILES string of the molecule is COC(=O)c1ccc(C[C@@H](C)N(CC(O)c2cccc(Cl)n2)CC(O)c2cccc(Cl)n2)cc1. The molecule has 180 valence electrons. The Morgan fingerprint density at radius 1 is 0.912 bits per heavy atom. The first kappa shape index (κ1) is 26.1. The van der Waals surface area contributed by atoms with Crippen LogP contribution < -0.4 is 0 Å². The number of halogens is 2. The number of benzene rings is 1. The molecule has 3 atom stereocenters. The van der Waals surface area contributed by atoms with Gasteiger partial charge < -0.3 is 14.9 Å². The smallest absolute Gasteiger partial charge is 0.337 e. The van der Waals surface area contributed by atoms with Gasteiger partial charge in [-0.05, 0) is 55.3 Å². The third-order valence-electron chi connectivity index (χ3n) is 5.50. The number of esters is 1. The molecule has 0 spiro atoms. The maximum absolute atomic E-state index is 11.7. The summed E-state index contributed by atoms with van der Waals surface area (Å²) in [4.78, 5) is 22.1. The minimum absolute atomic E-state index is 0.0772. The summed E-state index contributed by atoms with van der Waals surface area (Å²) >= 11 is 12.0. The number of carbonyl (C=O) groups is 1. The zero-order valence-electron chi connectivity index (χ0n) is 18.9. The molecule has 0 amide bonds. The fourth-order valence-electron chi connectivity index (χ4n) is 3.65. The highest BCUT2D eigenvalue weighted by molar-refractivity contribution is 6.29. The Bertz CT molecular complexity index is 1040. The molecule has 2 unspecified atom stereocenters. The van der Waals surface area contributed by atoms with Crippen LogP contribution in [0.15, 0.2) is 60.7 Å². The van der Waals surface area contributed by atoms with E-state index in [0.29, 0.717) is 33.7 Å². The molecule has 2 heterocycles. The lowest BCUT2D eigenvalue weighted by Gasteiger charge is -2.32. The van der Waals surface area contributed by atoms with Crippen molar-refractivity contribution < 1.29 is 19.7 Å². The molecule has 0 saturated carbocycles. The maximum Gasteiger partial charge on any atom is 0.337 e. The van der Waals surface area contributed by atoms with Crippen LogP contribution in [0.2, 0.25) is 10.3 Å². The normalized spacial score (nSPS) is 14.0. The lowest BCUT2D eigenvalue weighted by atomic mass is 10.0. The Hall–Kier alpha value is -2.55. The maximum atomic E-state index is 11.7. The van der Waals surface area contributed by atoms with Crippen LogP contribution in [0.3, 0.4) is 0 Å². The van der Waals surface area contributed by atoms with Gasteiger partial charge in [-0.2, -0.15) is 0 Å². The Labute approximate surface area is 208 Å². The first-order valence-corrected chi connectivity index (χ1v) is 11.5. The van der Waals surface area contributed by atoms with Gasteiger partial charge in [0, 0.05) is 19.1 Å². The van der Waals surface area contributed by atoms with Crippen LogP contribution in [0.5, 0.6) is 0 Å². The fraction of sp³-hybridized carbons (Fsp3) is 0.320. The summed E-state index contributed by atoms with van der Waals surface area (Å²) in [6, 6.07) is 17.3. The number of aromatic nitrogens is 2. The Kier molecular flexibility index (Phi) is 9.38. The van der Waals surface area contributed by atoms with Crippen molar-refractivity contribution in [1.29, 1.82) is 0 Å². The van der Waals surface area contributed by atoms with Gasteiger partial charge in [0.05, 0.1) is 24.1 Å². The van der Waals surface area contributed by atoms with Crippen LogP contribution in [0, 0.1) is 0 Å². The van der Waals surface area contributed by atoms with E-state index in [2.05, 4.69) is 9.97 Å². The van der Waals surface area contributed by atoms with Crippen molar-refractivity contribution in [3.8, 4) is 0 Å². The van der Waals surface area contributed by atoms with Crippen LogP contribution in [0.1, 0.15) is 46.4 Å². The van der Waals surface area contributed by atoms with Gasteiger partial charge in [-0.1, -0.05) is 47.5 Å². The van der Waals surface area contributed by atoms with E-state index in [9.17, 15) is 15.0 Å². The molecule has 2 N–H and O–H groups in total. The molecule has 7 nitrogen and oxygen atoms in total. The Morgan fingerprint density at radius 3 is 1.85 bits per heavy atom. The summed E-state index contributed by atoms with van der Waals surface area (Å²) < 4.78 is 4.75. The lowest BCUT2D eigenvalue weighted by Crippen LogP contribution is -2.40. The van der Waals surface area contributed by atoms with Crippen LogP contribution in [-0.4, -0.2) is 57.3 Å². The number of rotatable bonds is 10. The first-order valence-electron chi connectivity index (χ1n) is 10.8. The van der Waals surface area contributed by atoms with Crippen molar-refractivity contribution in [1.82, 2.24) is 14.9 Å². The standard InChI is InChI=1S/C25H27Cl2N3O4/c1-16(13-17-9-11-18(12-10-17)25(33)34-2)30(14-21(31)19-5-3-7-23(26)28-19)15-22(32)20-6-4-8-24(27)29-20/h3-12,16,21-22,31-32H,13-15H2,1-2H3/t16-,21?,22?/m1/s1. The number of aliphatic hydroxyl groups is 2. The van der Waals surface area contributed by atoms with Crippen LogP contribution >= 0.6 is 23.2 Å². The highest BCUT2D eigenvalue weighted by Crippen LogP contribution is 2.22. The van der Waals surface area contributed by atoms with Gasteiger partial charge in [0.1, 0.15) is 22.5 Å². The quantitative estimate of drug-likeness (QED) is 0.315. The third kappa shape index (κ3) is 7.22. The summed E-state index contributed by atoms with van der Waals surface area (Å²) in [5.41, 5.74) is 2.36. The molecular weight excluding hydrogens is 477 g/mol. The van der Waals surface area contributed by atoms with Crippen molar-refractivity contribution in [2.24, 2.45) is 0 Å². The number of pyridine rings is 2. The van der Waals surface area contributed by atoms with Crippen molar-refractivity contribution in [3.63, 3.8) is 0 Å². The van der Waals surface area contributed by atoms with E-state index >= 15 is 0 Å². The molecule has 1 aromatic carbocycles. The minimum atomic E-state index is -0.914. The van der Waals surface area contributed by atoms with E-state index in [-0.39, 0.29) is 19.1 Å². The predicted octanol–water partition coefficient (Wildman–Crippen LogP) is 4.27. The van der Waals surface area contributed by atoms with E-state index in [1.807, 2.05) is 24.0 Å². The zero-order chi connectivity index (χ0) is 24.7. The second-order valence-corrected chi connectivity index (χ2v) is 8.77. The van der Waals surface area contributed by atoms with E-state index in [1.165, 1.54) is 7.11 Å². The molecule has 9 heteroatoms. The fourth-order valence-corrected chi connectivity index (χ4v) is 3.99. The summed E-state index contributed by atoms with van der Waals surface area (Å²) in [7, 11) is 1.34. The van der Waals surface area contributed by atoms with Gasteiger partial charge in [0.2, 0.25) is 0 Å². The van der Waals surface area contributed by atoms with Gasteiger partial charge in [-0.25, -0.2) is 14.8 Å². The number of hydrogen-bond donors (Lipinski definition) is 2. The number of carbonyl (C=O) groups excluding carboxylic acids is 1. The molecule has 0 fully saturated rings. The molecule has 0 aliphatic heterocycles. The van der Waals surface area contributed by atoms with Gasteiger partial charge in [0.25, 0.3) is 0 Å². The van der Waals surface area contributed by atoms with Gasteiger partial charge >= 0.3 is 5.97 Å². The van der Waals surface area contributed by atoms with Gasteiger partial charge in [-0.15, -0.1) is 0 Å². The van der Waals surface area contributed by atoms with Crippen LogP contribution in [-0.2, 0) is 11.2 Å². The van der Waals surface area contributed by atoms with Crippen molar-refractivity contribution in [3.05, 3.63) is 93.5 Å². The molecule has 0 radical (unpaired) electrons. The molecule has 0 saturated heterocycles. The average Bonchev–Trinajstić information content (AvgIpc) is 2.83. The summed E-state index contributed by atoms with van der Waals surface area (Å²) in [6.07, 6.45) is -1.21. The lowest BCUT2D eigenvalue weighted by molar-refractivity contribution is 0.0452. The molecule has 0 aliphatic carbocycles. The van der Waals surface area contributed by atoms with E-state index in [0.717, 1.165) is 5.56 Å². The van der Waals surface area contributed by atoms with Crippen molar-refractivity contribution in [2.75, 3.05) is 20.2 Å². The largest absolute Gasteiger partial charge is 0.465 e. The van der Waals surface area contributed by atoms with Gasteiger partial charge in [-0.3, -0.25) is 4.90 Å². The average molecular weight is 504 g/mol. The molecule has 3 rings (SSSR count). The van der Waals surface area contributed by atoms with Crippen molar-refractivity contribution >= 4 is 29.2 Å². The van der Waals surface area contributed by atoms with Crippen molar-refractivity contribution in [2.45, 2.75) is 31.6 Å². The highest BCUT2D eigenvalue weighted by Gasteiger charge is 2.24. The van der Waals surface area contributed by atoms with Gasteiger partial charge in [0.15, 0.2) is 0 Å². The predicted molar refractivity (Wildman–Crippen MR) is 131 cm³/mol.